The third kappa shape index (κ3) is 12.4. The molecule has 2 atom stereocenters. The lowest BCUT2D eigenvalue weighted by molar-refractivity contribution is -0.142. The molecule has 0 radical (unpaired) electrons. The summed E-state index contributed by atoms with van der Waals surface area (Å²) < 4.78 is 5.53. The number of hydrogen-bond acceptors (Lipinski definition) is 4. The molecule has 41 heavy (non-hydrogen) atoms. The average molecular weight is 566 g/mol. The molecule has 7 nitrogen and oxygen atoms in total. The molecule has 2 aromatic rings. The van der Waals surface area contributed by atoms with E-state index in [-0.39, 0.29) is 24.3 Å². The molecule has 0 bridgehead atoms. The summed E-state index contributed by atoms with van der Waals surface area (Å²) in [6.07, 6.45) is 5.90. The molecule has 2 aromatic carbocycles. The number of amides is 3. The lowest BCUT2D eigenvalue weighted by Crippen LogP contribution is -2.54. The van der Waals surface area contributed by atoms with Crippen LogP contribution in [-0.2, 0) is 20.7 Å². The van der Waals surface area contributed by atoms with Gasteiger partial charge in [0.05, 0.1) is 0 Å². The maximum absolute atomic E-state index is 14.5. The Hall–Kier alpha value is -3.35. The topological polar surface area (TPSA) is 87.7 Å². The first-order valence-corrected chi connectivity index (χ1v) is 15.1. The normalized spacial score (nSPS) is 12.9. The molecule has 0 spiro atoms. The minimum absolute atomic E-state index is 0.0965. The van der Waals surface area contributed by atoms with Crippen LogP contribution in [-0.4, -0.2) is 47.0 Å². The van der Waals surface area contributed by atoms with Gasteiger partial charge >= 0.3 is 6.09 Å². The van der Waals surface area contributed by atoms with Gasteiger partial charge in [0.25, 0.3) is 0 Å². The summed E-state index contributed by atoms with van der Waals surface area (Å²) in [6, 6.07) is 15.5. The molecule has 3 amide bonds. The Morgan fingerprint density at radius 2 is 1.54 bits per heavy atom. The SMILES string of the molecule is CCCCCCCCN(C(=O)C(Cc1ccccc1)NC(=O)OC(C)(C)C)C(C(=O)NC(C)C)c1cccc(C)c1. The van der Waals surface area contributed by atoms with Crippen molar-refractivity contribution >= 4 is 17.9 Å². The van der Waals surface area contributed by atoms with Gasteiger partial charge in [-0.25, -0.2) is 4.79 Å². The fourth-order valence-corrected chi connectivity index (χ4v) is 4.81. The second-order valence-electron chi connectivity index (χ2n) is 12.2. The third-order valence-electron chi connectivity index (χ3n) is 6.66. The summed E-state index contributed by atoms with van der Waals surface area (Å²) in [5.41, 5.74) is 1.94. The Morgan fingerprint density at radius 1 is 0.878 bits per heavy atom. The van der Waals surface area contributed by atoms with Gasteiger partial charge < -0.3 is 20.3 Å². The molecule has 0 aromatic heterocycles. The number of hydrogen-bond donors (Lipinski definition) is 2. The van der Waals surface area contributed by atoms with E-state index in [1.807, 2.05) is 75.4 Å². The van der Waals surface area contributed by atoms with Crippen molar-refractivity contribution < 1.29 is 19.1 Å². The van der Waals surface area contributed by atoms with E-state index >= 15 is 0 Å². The Balaban J connectivity index is 2.50. The zero-order valence-corrected chi connectivity index (χ0v) is 26.2. The number of carbonyl (C=O) groups is 3. The Bertz CT molecular complexity index is 1090. The average Bonchev–Trinajstić information content (AvgIpc) is 2.88. The van der Waals surface area contributed by atoms with Gasteiger partial charge in [0.2, 0.25) is 11.8 Å². The van der Waals surface area contributed by atoms with Gasteiger partial charge in [0.15, 0.2) is 0 Å². The molecular weight excluding hydrogens is 514 g/mol. The molecule has 2 unspecified atom stereocenters. The van der Waals surface area contributed by atoms with Crippen LogP contribution in [0.4, 0.5) is 4.79 Å². The zero-order chi connectivity index (χ0) is 30.4. The first kappa shape index (κ1) is 33.9. The van der Waals surface area contributed by atoms with Gasteiger partial charge in [-0.2, -0.15) is 0 Å². The molecule has 2 rings (SSSR count). The predicted molar refractivity (Wildman–Crippen MR) is 166 cm³/mol. The lowest BCUT2D eigenvalue weighted by Gasteiger charge is -2.35. The molecule has 7 heteroatoms. The molecular formula is C34H51N3O4. The van der Waals surface area contributed by atoms with E-state index < -0.39 is 23.8 Å². The fourth-order valence-electron chi connectivity index (χ4n) is 4.81. The standard InChI is InChI=1S/C34H51N3O4/c1-8-9-10-11-12-16-22-37(30(31(38)35-25(2)3)28-21-17-18-26(4)23-28)32(39)29(24-27-19-14-13-15-20-27)36-33(40)41-34(5,6)7/h13-15,17-21,23,25,29-30H,8-12,16,22,24H2,1-7H3,(H,35,38)(H,36,40). The van der Waals surface area contributed by atoms with E-state index in [2.05, 4.69) is 17.6 Å². The number of benzene rings is 2. The smallest absolute Gasteiger partial charge is 0.408 e. The van der Waals surface area contributed by atoms with E-state index in [1.165, 1.54) is 6.42 Å². The van der Waals surface area contributed by atoms with Crippen LogP contribution in [0.25, 0.3) is 0 Å². The van der Waals surface area contributed by atoms with Crippen LogP contribution in [0.2, 0.25) is 0 Å². The number of ether oxygens (including phenoxy) is 1. The monoisotopic (exact) mass is 565 g/mol. The molecule has 0 aliphatic heterocycles. The van der Waals surface area contributed by atoms with Crippen LogP contribution >= 0.6 is 0 Å². The minimum atomic E-state index is -0.911. The van der Waals surface area contributed by atoms with Gasteiger partial charge in [-0.1, -0.05) is 99.2 Å². The maximum Gasteiger partial charge on any atom is 0.408 e. The van der Waals surface area contributed by atoms with Gasteiger partial charge in [-0.3, -0.25) is 9.59 Å². The third-order valence-corrected chi connectivity index (χ3v) is 6.66. The van der Waals surface area contributed by atoms with Crippen molar-refractivity contribution in [2.45, 2.75) is 117 Å². The van der Waals surface area contributed by atoms with Crippen molar-refractivity contribution in [3.05, 3.63) is 71.3 Å². The van der Waals surface area contributed by atoms with Crippen LogP contribution in [0.3, 0.4) is 0 Å². The summed E-state index contributed by atoms with van der Waals surface area (Å²) in [7, 11) is 0. The van der Waals surface area contributed by atoms with Gasteiger partial charge in [-0.15, -0.1) is 0 Å². The van der Waals surface area contributed by atoms with Gasteiger partial charge in [0, 0.05) is 19.0 Å². The van der Waals surface area contributed by atoms with E-state index in [1.54, 1.807) is 25.7 Å². The van der Waals surface area contributed by atoms with Crippen molar-refractivity contribution in [3.63, 3.8) is 0 Å². The van der Waals surface area contributed by atoms with E-state index in [0.29, 0.717) is 6.54 Å². The summed E-state index contributed by atoms with van der Waals surface area (Å²) in [4.78, 5) is 42.8. The summed E-state index contributed by atoms with van der Waals surface area (Å²) in [6.45, 7) is 13.7. The first-order valence-electron chi connectivity index (χ1n) is 15.1. The Morgan fingerprint density at radius 3 is 2.15 bits per heavy atom. The zero-order valence-electron chi connectivity index (χ0n) is 26.2. The maximum atomic E-state index is 14.5. The highest BCUT2D eigenvalue weighted by atomic mass is 16.6. The molecule has 0 aliphatic carbocycles. The van der Waals surface area contributed by atoms with Crippen molar-refractivity contribution in [2.24, 2.45) is 0 Å². The van der Waals surface area contributed by atoms with E-state index in [0.717, 1.165) is 48.8 Å². The lowest BCUT2D eigenvalue weighted by atomic mass is 9.98. The second kappa shape index (κ2) is 16.8. The number of unbranched alkanes of at least 4 members (excludes halogenated alkanes) is 5. The van der Waals surface area contributed by atoms with Gasteiger partial charge in [0.1, 0.15) is 17.7 Å². The summed E-state index contributed by atoms with van der Waals surface area (Å²) >= 11 is 0. The van der Waals surface area contributed by atoms with Crippen LogP contribution in [0, 0.1) is 6.92 Å². The number of aryl methyl sites for hydroxylation is 1. The number of nitrogens with zero attached hydrogens (tertiary/aromatic N) is 1. The fraction of sp³-hybridized carbons (Fsp3) is 0.559. The van der Waals surface area contributed by atoms with Crippen molar-refractivity contribution in [2.75, 3.05) is 6.54 Å². The van der Waals surface area contributed by atoms with Crippen LogP contribution < -0.4 is 10.6 Å². The number of alkyl carbamates (subject to hydrolysis) is 1. The summed E-state index contributed by atoms with van der Waals surface area (Å²) in [5.74, 6) is -0.542. The number of rotatable bonds is 15. The highest BCUT2D eigenvalue weighted by molar-refractivity contribution is 5.92. The summed E-state index contributed by atoms with van der Waals surface area (Å²) in [5, 5.41) is 5.86. The molecule has 0 saturated heterocycles. The predicted octanol–water partition coefficient (Wildman–Crippen LogP) is 6.89. The Labute approximate surface area is 247 Å². The highest BCUT2D eigenvalue weighted by Gasteiger charge is 2.36. The quantitative estimate of drug-likeness (QED) is 0.230. The van der Waals surface area contributed by atoms with Crippen molar-refractivity contribution in [3.8, 4) is 0 Å². The molecule has 226 valence electrons. The van der Waals surface area contributed by atoms with Crippen LogP contribution in [0.15, 0.2) is 54.6 Å². The largest absolute Gasteiger partial charge is 0.444 e. The van der Waals surface area contributed by atoms with Crippen molar-refractivity contribution in [1.82, 2.24) is 15.5 Å². The molecule has 0 fully saturated rings. The molecule has 2 N–H and O–H groups in total. The van der Waals surface area contributed by atoms with E-state index in [4.69, 9.17) is 4.74 Å². The minimum Gasteiger partial charge on any atom is -0.444 e. The second-order valence-corrected chi connectivity index (χ2v) is 12.2. The number of carbonyl (C=O) groups excluding carboxylic acids is 3. The first-order chi connectivity index (χ1) is 19.4. The van der Waals surface area contributed by atoms with Crippen LogP contribution in [0.5, 0.6) is 0 Å². The van der Waals surface area contributed by atoms with Gasteiger partial charge in [-0.05, 0) is 59.1 Å². The molecule has 0 aliphatic rings. The highest BCUT2D eigenvalue weighted by Crippen LogP contribution is 2.25. The Kier molecular flexibility index (Phi) is 13.9. The van der Waals surface area contributed by atoms with Crippen molar-refractivity contribution in [1.29, 1.82) is 0 Å². The van der Waals surface area contributed by atoms with E-state index in [9.17, 15) is 14.4 Å². The molecule has 0 saturated carbocycles. The number of nitrogens with one attached hydrogen (secondary N) is 2. The van der Waals surface area contributed by atoms with Crippen LogP contribution in [0.1, 0.15) is 103 Å². The molecule has 0 heterocycles.